The van der Waals surface area contributed by atoms with Crippen LogP contribution in [0.25, 0.3) is 0 Å². The van der Waals surface area contributed by atoms with Gasteiger partial charge in [-0.25, -0.2) is 4.39 Å². The van der Waals surface area contributed by atoms with Crippen molar-refractivity contribution in [3.8, 4) is 0 Å². The average molecular weight is 250 g/mol. The molecule has 1 aromatic carbocycles. The van der Waals surface area contributed by atoms with E-state index < -0.39 is 0 Å². The highest BCUT2D eigenvalue weighted by Crippen LogP contribution is 2.27. The van der Waals surface area contributed by atoms with Crippen molar-refractivity contribution in [1.29, 1.82) is 0 Å². The molecule has 1 aromatic rings. The van der Waals surface area contributed by atoms with Crippen LogP contribution in [0.5, 0.6) is 0 Å². The van der Waals surface area contributed by atoms with E-state index in [1.54, 1.807) is 6.07 Å². The molecule has 0 amide bonds. The second-order valence-electron chi connectivity index (χ2n) is 5.24. The second-order valence-corrected chi connectivity index (χ2v) is 5.24. The molecule has 1 saturated carbocycles. The molecule has 0 aromatic heterocycles. The van der Waals surface area contributed by atoms with Crippen molar-refractivity contribution in [1.82, 2.24) is 4.90 Å². The number of nitrogens with zero attached hydrogens (tertiary/aromatic N) is 1. The Bertz CT molecular complexity index is 388. The van der Waals surface area contributed by atoms with E-state index in [0.29, 0.717) is 6.54 Å². The summed E-state index contributed by atoms with van der Waals surface area (Å²) in [6.07, 6.45) is 4.07. The minimum atomic E-state index is -0.165. The van der Waals surface area contributed by atoms with E-state index in [4.69, 9.17) is 5.73 Å². The minimum absolute atomic E-state index is 0.165. The second kappa shape index (κ2) is 6.30. The van der Waals surface area contributed by atoms with Crippen molar-refractivity contribution in [2.45, 2.75) is 39.3 Å². The standard InChI is InChI=1S/C15H23FN2/c1-2-18(10-12-4-3-5-12)11-14-8-15(16)7-6-13(14)9-17/h6-8,12H,2-5,9-11,17H2,1H3. The fourth-order valence-corrected chi connectivity index (χ4v) is 2.53. The molecule has 0 aliphatic heterocycles. The first-order chi connectivity index (χ1) is 8.72. The van der Waals surface area contributed by atoms with Gasteiger partial charge >= 0.3 is 0 Å². The van der Waals surface area contributed by atoms with Crippen LogP contribution in [-0.4, -0.2) is 18.0 Å². The maximum atomic E-state index is 13.3. The monoisotopic (exact) mass is 250 g/mol. The summed E-state index contributed by atoms with van der Waals surface area (Å²) in [6, 6.07) is 4.93. The SMILES string of the molecule is CCN(Cc1cc(F)ccc1CN)CC1CCC1. The molecule has 1 aliphatic carbocycles. The number of benzene rings is 1. The molecule has 0 spiro atoms. The van der Waals surface area contributed by atoms with Gasteiger partial charge in [0, 0.05) is 19.6 Å². The molecule has 1 fully saturated rings. The van der Waals surface area contributed by atoms with Crippen LogP contribution in [0.15, 0.2) is 18.2 Å². The summed E-state index contributed by atoms with van der Waals surface area (Å²) in [6.45, 7) is 5.61. The van der Waals surface area contributed by atoms with Crippen LogP contribution >= 0.6 is 0 Å². The highest BCUT2D eigenvalue weighted by Gasteiger charge is 2.20. The molecular weight excluding hydrogens is 227 g/mol. The van der Waals surface area contributed by atoms with Gasteiger partial charge in [0.25, 0.3) is 0 Å². The summed E-state index contributed by atoms with van der Waals surface area (Å²) in [5.74, 6) is 0.682. The van der Waals surface area contributed by atoms with E-state index in [1.807, 2.05) is 6.07 Å². The molecule has 2 rings (SSSR count). The molecule has 2 nitrogen and oxygen atoms in total. The largest absolute Gasteiger partial charge is 0.326 e. The number of rotatable bonds is 6. The molecule has 100 valence electrons. The Kier molecular flexibility index (Phi) is 4.72. The first-order valence-corrected chi connectivity index (χ1v) is 6.92. The van der Waals surface area contributed by atoms with Crippen molar-refractivity contribution < 1.29 is 4.39 Å². The van der Waals surface area contributed by atoms with E-state index in [1.165, 1.54) is 25.3 Å². The highest BCUT2D eigenvalue weighted by atomic mass is 19.1. The predicted molar refractivity (Wildman–Crippen MR) is 72.6 cm³/mol. The average Bonchev–Trinajstić information content (AvgIpc) is 2.32. The van der Waals surface area contributed by atoms with Crippen molar-refractivity contribution in [2.24, 2.45) is 11.7 Å². The third-order valence-corrected chi connectivity index (χ3v) is 3.97. The van der Waals surface area contributed by atoms with Crippen LogP contribution in [0.3, 0.4) is 0 Å². The number of hydrogen-bond acceptors (Lipinski definition) is 2. The summed E-state index contributed by atoms with van der Waals surface area (Å²) >= 11 is 0. The van der Waals surface area contributed by atoms with Crippen molar-refractivity contribution in [2.75, 3.05) is 13.1 Å². The van der Waals surface area contributed by atoms with Gasteiger partial charge < -0.3 is 5.73 Å². The van der Waals surface area contributed by atoms with Gasteiger partial charge in [0.15, 0.2) is 0 Å². The lowest BCUT2D eigenvalue weighted by Gasteiger charge is -2.32. The van der Waals surface area contributed by atoms with E-state index in [-0.39, 0.29) is 5.82 Å². The van der Waals surface area contributed by atoms with Crippen LogP contribution in [-0.2, 0) is 13.1 Å². The van der Waals surface area contributed by atoms with Gasteiger partial charge in [-0.05, 0) is 48.6 Å². The molecule has 2 N–H and O–H groups in total. The highest BCUT2D eigenvalue weighted by molar-refractivity contribution is 5.27. The van der Waals surface area contributed by atoms with Gasteiger partial charge in [0.1, 0.15) is 5.82 Å². The third kappa shape index (κ3) is 3.30. The molecule has 1 aliphatic rings. The van der Waals surface area contributed by atoms with Gasteiger partial charge in [0.05, 0.1) is 0 Å². The molecule has 0 atom stereocenters. The lowest BCUT2D eigenvalue weighted by molar-refractivity contribution is 0.178. The summed E-state index contributed by atoms with van der Waals surface area (Å²) in [4.78, 5) is 2.40. The fraction of sp³-hybridized carbons (Fsp3) is 0.600. The van der Waals surface area contributed by atoms with Gasteiger partial charge in [-0.15, -0.1) is 0 Å². The van der Waals surface area contributed by atoms with Crippen LogP contribution < -0.4 is 5.73 Å². The first-order valence-electron chi connectivity index (χ1n) is 6.92. The van der Waals surface area contributed by atoms with Crippen LogP contribution in [0.4, 0.5) is 4.39 Å². The lowest BCUT2D eigenvalue weighted by atomic mass is 9.85. The normalized spacial score (nSPS) is 16.0. The van der Waals surface area contributed by atoms with Crippen molar-refractivity contribution in [3.63, 3.8) is 0 Å². The van der Waals surface area contributed by atoms with E-state index in [9.17, 15) is 4.39 Å². The van der Waals surface area contributed by atoms with E-state index in [2.05, 4.69) is 11.8 Å². The Balaban J connectivity index is 2.02. The zero-order valence-electron chi connectivity index (χ0n) is 11.2. The molecule has 0 bridgehead atoms. The molecule has 3 heteroatoms. The van der Waals surface area contributed by atoms with Crippen LogP contribution in [0, 0.1) is 11.7 Å². The molecule has 0 saturated heterocycles. The maximum Gasteiger partial charge on any atom is 0.123 e. The molecule has 18 heavy (non-hydrogen) atoms. The number of nitrogens with two attached hydrogens (primary N) is 1. The zero-order valence-corrected chi connectivity index (χ0v) is 11.2. The molecule has 0 heterocycles. The van der Waals surface area contributed by atoms with Crippen LogP contribution in [0.1, 0.15) is 37.3 Å². The summed E-state index contributed by atoms with van der Waals surface area (Å²) in [5, 5.41) is 0. The quantitative estimate of drug-likeness (QED) is 0.841. The van der Waals surface area contributed by atoms with Crippen molar-refractivity contribution in [3.05, 3.63) is 35.1 Å². The van der Waals surface area contributed by atoms with Gasteiger partial charge in [-0.1, -0.05) is 19.4 Å². The number of halogens is 1. The van der Waals surface area contributed by atoms with Gasteiger partial charge in [-0.2, -0.15) is 0 Å². The molecular formula is C15H23FN2. The minimum Gasteiger partial charge on any atom is -0.326 e. The zero-order chi connectivity index (χ0) is 13.0. The third-order valence-electron chi connectivity index (χ3n) is 3.97. The Morgan fingerprint density at radius 1 is 1.33 bits per heavy atom. The Morgan fingerprint density at radius 3 is 2.67 bits per heavy atom. The molecule has 0 radical (unpaired) electrons. The van der Waals surface area contributed by atoms with Crippen LogP contribution in [0.2, 0.25) is 0 Å². The summed E-state index contributed by atoms with van der Waals surface area (Å²) in [7, 11) is 0. The predicted octanol–water partition coefficient (Wildman–Crippen LogP) is 2.91. The molecule has 0 unspecified atom stereocenters. The van der Waals surface area contributed by atoms with Gasteiger partial charge in [-0.3, -0.25) is 4.90 Å². The first kappa shape index (κ1) is 13.5. The lowest BCUT2D eigenvalue weighted by Crippen LogP contribution is -2.32. The fourth-order valence-electron chi connectivity index (χ4n) is 2.53. The number of hydrogen-bond donors (Lipinski definition) is 1. The summed E-state index contributed by atoms with van der Waals surface area (Å²) in [5.41, 5.74) is 7.81. The summed E-state index contributed by atoms with van der Waals surface area (Å²) < 4.78 is 13.3. The Morgan fingerprint density at radius 2 is 2.11 bits per heavy atom. The Hall–Kier alpha value is -0.930. The maximum absolute atomic E-state index is 13.3. The topological polar surface area (TPSA) is 29.3 Å². The van der Waals surface area contributed by atoms with Crippen molar-refractivity contribution >= 4 is 0 Å². The van der Waals surface area contributed by atoms with E-state index in [0.717, 1.165) is 36.7 Å². The van der Waals surface area contributed by atoms with Gasteiger partial charge in [0.2, 0.25) is 0 Å². The Labute approximate surface area is 109 Å². The van der Waals surface area contributed by atoms with E-state index >= 15 is 0 Å². The smallest absolute Gasteiger partial charge is 0.123 e.